The third kappa shape index (κ3) is 3.48. The molecule has 1 heteroatoms. The predicted molar refractivity (Wildman–Crippen MR) is 77.9 cm³/mol. The number of halogens is 1. The first kappa shape index (κ1) is 14.6. The fourth-order valence-corrected chi connectivity index (χ4v) is 2.96. The Balaban J connectivity index is 2.98. The smallest absolute Gasteiger partial charge is 0.0613 e. The minimum atomic E-state index is 0.168. The highest BCUT2D eigenvalue weighted by molar-refractivity contribution is 6.21. The van der Waals surface area contributed by atoms with Crippen molar-refractivity contribution in [2.75, 3.05) is 0 Å². The first-order valence-electron chi connectivity index (χ1n) is 6.93. The fraction of sp³-hybridized carbons (Fsp3) is 0.625. The number of aryl methyl sites for hydroxylation is 2. The molecular formula is C16H25Cl. The molecule has 1 unspecified atom stereocenters. The molecule has 1 aromatic rings. The van der Waals surface area contributed by atoms with Crippen molar-refractivity contribution in [1.82, 2.24) is 0 Å². The SMILES string of the molecule is CCc1ccc(C(Cl)C(CC)CC)cc1CC. The van der Waals surface area contributed by atoms with Crippen LogP contribution in [0.5, 0.6) is 0 Å². The van der Waals surface area contributed by atoms with Crippen LogP contribution < -0.4 is 0 Å². The summed E-state index contributed by atoms with van der Waals surface area (Å²) in [5.74, 6) is 0.592. The maximum Gasteiger partial charge on any atom is 0.0613 e. The molecular weight excluding hydrogens is 228 g/mol. The van der Waals surface area contributed by atoms with E-state index in [0.717, 1.165) is 25.7 Å². The van der Waals surface area contributed by atoms with Gasteiger partial charge < -0.3 is 0 Å². The molecule has 0 nitrogen and oxygen atoms in total. The lowest BCUT2D eigenvalue weighted by molar-refractivity contribution is 0.475. The van der Waals surface area contributed by atoms with Crippen LogP contribution in [0.2, 0.25) is 0 Å². The highest BCUT2D eigenvalue weighted by Crippen LogP contribution is 2.34. The van der Waals surface area contributed by atoms with Crippen molar-refractivity contribution in [2.45, 2.75) is 58.8 Å². The van der Waals surface area contributed by atoms with Crippen LogP contribution in [0.25, 0.3) is 0 Å². The van der Waals surface area contributed by atoms with Gasteiger partial charge in [0, 0.05) is 0 Å². The Kier molecular flexibility index (Phi) is 6.05. The Morgan fingerprint density at radius 2 is 1.53 bits per heavy atom. The molecule has 0 saturated carbocycles. The van der Waals surface area contributed by atoms with E-state index >= 15 is 0 Å². The maximum absolute atomic E-state index is 6.60. The Morgan fingerprint density at radius 3 is 2.00 bits per heavy atom. The van der Waals surface area contributed by atoms with E-state index < -0.39 is 0 Å². The van der Waals surface area contributed by atoms with Crippen LogP contribution in [0, 0.1) is 5.92 Å². The Bertz CT molecular complexity index is 339. The van der Waals surface area contributed by atoms with Crippen LogP contribution in [-0.4, -0.2) is 0 Å². The van der Waals surface area contributed by atoms with Gasteiger partial charge in [-0.3, -0.25) is 0 Å². The first-order valence-corrected chi connectivity index (χ1v) is 7.37. The van der Waals surface area contributed by atoms with Gasteiger partial charge in [-0.2, -0.15) is 0 Å². The second-order valence-electron chi connectivity index (χ2n) is 4.71. The first-order chi connectivity index (χ1) is 8.17. The molecule has 0 spiro atoms. The lowest BCUT2D eigenvalue weighted by Gasteiger charge is -2.21. The van der Waals surface area contributed by atoms with Crippen molar-refractivity contribution in [3.8, 4) is 0 Å². The van der Waals surface area contributed by atoms with Crippen molar-refractivity contribution in [3.63, 3.8) is 0 Å². The third-order valence-electron chi connectivity index (χ3n) is 3.77. The lowest BCUT2D eigenvalue weighted by atomic mass is 9.91. The van der Waals surface area contributed by atoms with Gasteiger partial charge in [-0.05, 0) is 35.4 Å². The number of rotatable bonds is 6. The zero-order valence-electron chi connectivity index (χ0n) is 11.6. The predicted octanol–water partition coefficient (Wildman–Crippen LogP) is 5.53. The zero-order chi connectivity index (χ0) is 12.8. The van der Waals surface area contributed by atoms with E-state index in [1.807, 2.05) is 0 Å². The molecule has 0 aliphatic rings. The summed E-state index contributed by atoms with van der Waals surface area (Å²) in [4.78, 5) is 0. The van der Waals surface area contributed by atoms with Gasteiger partial charge in [0.2, 0.25) is 0 Å². The van der Waals surface area contributed by atoms with Crippen LogP contribution in [0.1, 0.15) is 62.6 Å². The van der Waals surface area contributed by atoms with Crippen molar-refractivity contribution < 1.29 is 0 Å². The standard InChI is InChI=1S/C16H25Cl/c1-5-12(6-2)16(17)15-10-9-13(7-3)14(8-4)11-15/h9-12,16H,5-8H2,1-4H3. The molecule has 0 aliphatic carbocycles. The summed E-state index contributed by atoms with van der Waals surface area (Å²) >= 11 is 6.60. The van der Waals surface area contributed by atoms with Gasteiger partial charge in [0.1, 0.15) is 0 Å². The number of alkyl halides is 1. The average molecular weight is 253 g/mol. The molecule has 1 atom stereocenters. The Hall–Kier alpha value is -0.490. The normalized spacial score (nSPS) is 13.1. The van der Waals surface area contributed by atoms with E-state index in [4.69, 9.17) is 11.6 Å². The summed E-state index contributed by atoms with van der Waals surface area (Å²) in [5, 5.41) is 0.168. The van der Waals surface area contributed by atoms with E-state index in [-0.39, 0.29) is 5.38 Å². The van der Waals surface area contributed by atoms with Crippen molar-refractivity contribution in [3.05, 3.63) is 34.9 Å². The topological polar surface area (TPSA) is 0 Å². The largest absolute Gasteiger partial charge is 0.118 e. The second kappa shape index (κ2) is 7.06. The molecule has 0 bridgehead atoms. The fourth-order valence-electron chi connectivity index (χ4n) is 2.47. The highest BCUT2D eigenvalue weighted by Gasteiger charge is 2.18. The van der Waals surface area contributed by atoms with E-state index in [0.29, 0.717) is 5.92 Å². The minimum absolute atomic E-state index is 0.168. The third-order valence-corrected chi connectivity index (χ3v) is 4.38. The average Bonchev–Trinajstić information content (AvgIpc) is 2.39. The quantitative estimate of drug-likeness (QED) is 0.584. The summed E-state index contributed by atoms with van der Waals surface area (Å²) in [6, 6.07) is 6.79. The summed E-state index contributed by atoms with van der Waals surface area (Å²) in [6.45, 7) is 8.89. The minimum Gasteiger partial charge on any atom is -0.118 e. The molecule has 1 aromatic carbocycles. The maximum atomic E-state index is 6.60. The van der Waals surface area contributed by atoms with Crippen LogP contribution >= 0.6 is 11.6 Å². The van der Waals surface area contributed by atoms with Crippen molar-refractivity contribution >= 4 is 11.6 Å². The van der Waals surface area contributed by atoms with Gasteiger partial charge >= 0.3 is 0 Å². The number of hydrogen-bond donors (Lipinski definition) is 0. The van der Waals surface area contributed by atoms with Gasteiger partial charge in [0.15, 0.2) is 0 Å². The molecule has 1 rings (SSSR count). The van der Waals surface area contributed by atoms with E-state index in [2.05, 4.69) is 45.9 Å². The molecule has 0 aliphatic heterocycles. The van der Waals surface area contributed by atoms with Crippen molar-refractivity contribution in [2.24, 2.45) is 5.92 Å². The van der Waals surface area contributed by atoms with Crippen LogP contribution in [-0.2, 0) is 12.8 Å². The highest BCUT2D eigenvalue weighted by atomic mass is 35.5. The summed E-state index contributed by atoms with van der Waals surface area (Å²) in [7, 11) is 0. The van der Waals surface area contributed by atoms with Crippen LogP contribution in [0.3, 0.4) is 0 Å². The van der Waals surface area contributed by atoms with E-state index in [1.54, 1.807) is 0 Å². The molecule has 96 valence electrons. The molecule has 0 saturated heterocycles. The Morgan fingerprint density at radius 1 is 0.941 bits per heavy atom. The van der Waals surface area contributed by atoms with Crippen molar-refractivity contribution in [1.29, 1.82) is 0 Å². The number of hydrogen-bond acceptors (Lipinski definition) is 0. The zero-order valence-corrected chi connectivity index (χ0v) is 12.3. The summed E-state index contributed by atoms with van der Waals surface area (Å²) in [5.41, 5.74) is 4.22. The monoisotopic (exact) mass is 252 g/mol. The second-order valence-corrected chi connectivity index (χ2v) is 5.18. The van der Waals surface area contributed by atoms with Gasteiger partial charge in [-0.25, -0.2) is 0 Å². The van der Waals surface area contributed by atoms with Crippen LogP contribution in [0.15, 0.2) is 18.2 Å². The molecule has 0 fully saturated rings. The van der Waals surface area contributed by atoms with E-state index in [1.165, 1.54) is 16.7 Å². The summed E-state index contributed by atoms with van der Waals surface area (Å²) in [6.07, 6.45) is 4.52. The number of benzene rings is 1. The van der Waals surface area contributed by atoms with Gasteiger partial charge in [0.05, 0.1) is 5.38 Å². The molecule has 0 radical (unpaired) electrons. The van der Waals surface area contributed by atoms with Crippen LogP contribution in [0.4, 0.5) is 0 Å². The molecule has 17 heavy (non-hydrogen) atoms. The van der Waals surface area contributed by atoms with Gasteiger partial charge in [0.25, 0.3) is 0 Å². The van der Waals surface area contributed by atoms with Gasteiger partial charge in [-0.15, -0.1) is 11.6 Å². The molecule has 0 aromatic heterocycles. The lowest BCUT2D eigenvalue weighted by Crippen LogP contribution is -2.07. The molecule has 0 heterocycles. The van der Waals surface area contributed by atoms with Gasteiger partial charge in [-0.1, -0.05) is 58.7 Å². The summed E-state index contributed by atoms with van der Waals surface area (Å²) < 4.78 is 0. The van der Waals surface area contributed by atoms with E-state index in [9.17, 15) is 0 Å². The molecule has 0 amide bonds. The molecule has 0 N–H and O–H groups in total. The Labute approximate surface area is 111 Å².